The van der Waals surface area contributed by atoms with Crippen LogP contribution in [0.2, 0.25) is 0 Å². The van der Waals surface area contributed by atoms with Crippen LogP contribution in [0.1, 0.15) is 33.3 Å². The second-order valence-corrected chi connectivity index (χ2v) is 5.51. The van der Waals surface area contributed by atoms with Gasteiger partial charge >= 0.3 is 0 Å². The number of benzene rings is 1. The van der Waals surface area contributed by atoms with E-state index in [0.717, 1.165) is 5.33 Å². The van der Waals surface area contributed by atoms with Crippen molar-refractivity contribution in [2.45, 2.75) is 38.9 Å². The highest BCUT2D eigenvalue weighted by Crippen LogP contribution is 2.31. The predicted octanol–water partition coefficient (Wildman–Crippen LogP) is 4.11. The van der Waals surface area contributed by atoms with Crippen LogP contribution in [-0.2, 0) is 10.3 Å². The predicted molar refractivity (Wildman–Crippen MR) is 68.4 cm³/mol. The molecule has 0 amide bonds. The van der Waals surface area contributed by atoms with Crippen LogP contribution in [-0.4, -0.2) is 10.9 Å². The average molecular weight is 271 g/mol. The summed E-state index contributed by atoms with van der Waals surface area (Å²) in [5.41, 5.74) is 0.800. The number of hydrogen-bond acceptors (Lipinski definition) is 1. The van der Waals surface area contributed by atoms with Crippen LogP contribution in [0.5, 0.6) is 0 Å². The van der Waals surface area contributed by atoms with Crippen molar-refractivity contribution in [1.82, 2.24) is 0 Å². The molecule has 15 heavy (non-hydrogen) atoms. The van der Waals surface area contributed by atoms with Crippen LogP contribution < -0.4 is 0 Å². The number of hydrogen-bond donors (Lipinski definition) is 0. The lowest BCUT2D eigenvalue weighted by Crippen LogP contribution is -2.36. The zero-order valence-electron chi connectivity index (χ0n) is 9.88. The van der Waals surface area contributed by atoms with Crippen LogP contribution >= 0.6 is 15.9 Å². The smallest absolute Gasteiger partial charge is 0.101 e. The van der Waals surface area contributed by atoms with Crippen LogP contribution in [0.3, 0.4) is 0 Å². The standard InChI is InChI=1S/C13H19BrO/c1-12(2,3)15-13(4,10-14)11-8-6-5-7-9-11/h5-9H,10H2,1-4H3. The minimum atomic E-state index is -0.264. The Morgan fingerprint density at radius 3 is 2.00 bits per heavy atom. The van der Waals surface area contributed by atoms with E-state index in [0.29, 0.717) is 0 Å². The number of ether oxygens (including phenoxy) is 1. The molecule has 0 heterocycles. The highest BCUT2D eigenvalue weighted by Gasteiger charge is 2.31. The van der Waals surface area contributed by atoms with Crippen molar-refractivity contribution in [3.05, 3.63) is 35.9 Å². The van der Waals surface area contributed by atoms with Crippen molar-refractivity contribution < 1.29 is 4.74 Å². The summed E-state index contributed by atoms with van der Waals surface area (Å²) < 4.78 is 6.11. The summed E-state index contributed by atoms with van der Waals surface area (Å²) in [6.07, 6.45) is 0. The molecule has 0 bridgehead atoms. The minimum absolute atomic E-state index is 0.141. The summed E-state index contributed by atoms with van der Waals surface area (Å²) in [5, 5.41) is 0.793. The molecule has 0 fully saturated rings. The topological polar surface area (TPSA) is 9.23 Å². The average Bonchev–Trinajstić information content (AvgIpc) is 2.16. The molecular weight excluding hydrogens is 252 g/mol. The molecule has 0 aliphatic heterocycles. The largest absolute Gasteiger partial charge is 0.364 e. The van der Waals surface area contributed by atoms with Gasteiger partial charge in [0.2, 0.25) is 0 Å². The Hall–Kier alpha value is -0.340. The van der Waals surface area contributed by atoms with Gasteiger partial charge < -0.3 is 4.74 Å². The Kier molecular flexibility index (Phi) is 3.96. The maximum Gasteiger partial charge on any atom is 0.101 e. The molecule has 0 saturated carbocycles. The molecule has 1 atom stereocenters. The van der Waals surface area contributed by atoms with E-state index in [1.54, 1.807) is 0 Å². The van der Waals surface area contributed by atoms with Gasteiger partial charge in [-0.15, -0.1) is 0 Å². The summed E-state index contributed by atoms with van der Waals surface area (Å²) in [7, 11) is 0. The Balaban J connectivity index is 2.96. The third kappa shape index (κ3) is 3.62. The van der Waals surface area contributed by atoms with E-state index >= 15 is 0 Å². The van der Waals surface area contributed by atoms with Crippen LogP contribution in [0.25, 0.3) is 0 Å². The fourth-order valence-corrected chi connectivity index (χ4v) is 2.07. The highest BCUT2D eigenvalue weighted by atomic mass is 79.9. The van der Waals surface area contributed by atoms with Crippen molar-refractivity contribution in [2.75, 3.05) is 5.33 Å². The van der Waals surface area contributed by atoms with E-state index in [4.69, 9.17) is 4.74 Å². The summed E-state index contributed by atoms with van der Waals surface area (Å²) in [5.74, 6) is 0. The minimum Gasteiger partial charge on any atom is -0.364 e. The third-order valence-electron chi connectivity index (χ3n) is 2.17. The maximum atomic E-state index is 6.11. The quantitative estimate of drug-likeness (QED) is 0.752. The van der Waals surface area contributed by atoms with Crippen LogP contribution in [0.15, 0.2) is 30.3 Å². The molecule has 1 aromatic carbocycles. The van der Waals surface area contributed by atoms with Crippen LogP contribution in [0, 0.1) is 0 Å². The van der Waals surface area contributed by atoms with Crippen molar-refractivity contribution in [3.63, 3.8) is 0 Å². The second-order valence-electron chi connectivity index (χ2n) is 4.94. The zero-order chi connectivity index (χ0) is 11.5. The van der Waals surface area contributed by atoms with Gasteiger partial charge in [-0.05, 0) is 33.3 Å². The lowest BCUT2D eigenvalue weighted by atomic mass is 9.97. The lowest BCUT2D eigenvalue weighted by Gasteiger charge is -2.35. The van der Waals surface area contributed by atoms with E-state index < -0.39 is 0 Å². The van der Waals surface area contributed by atoms with Crippen molar-refractivity contribution in [2.24, 2.45) is 0 Å². The Labute approximate surface area is 101 Å². The summed E-state index contributed by atoms with van der Waals surface area (Å²) in [6, 6.07) is 10.3. The lowest BCUT2D eigenvalue weighted by molar-refractivity contribution is -0.113. The van der Waals surface area contributed by atoms with Crippen LogP contribution in [0.4, 0.5) is 0 Å². The van der Waals surface area contributed by atoms with E-state index in [1.807, 2.05) is 18.2 Å². The summed E-state index contributed by atoms with van der Waals surface area (Å²) >= 11 is 3.54. The van der Waals surface area contributed by atoms with Gasteiger partial charge in [-0.25, -0.2) is 0 Å². The number of halogens is 1. The van der Waals surface area contributed by atoms with Crippen molar-refractivity contribution in [1.29, 1.82) is 0 Å². The van der Waals surface area contributed by atoms with Gasteiger partial charge in [-0.2, -0.15) is 0 Å². The van der Waals surface area contributed by atoms with E-state index in [1.165, 1.54) is 5.56 Å². The summed E-state index contributed by atoms with van der Waals surface area (Å²) in [4.78, 5) is 0. The molecule has 1 aromatic rings. The van der Waals surface area contributed by atoms with Gasteiger partial charge in [0.1, 0.15) is 5.60 Å². The first-order valence-corrected chi connectivity index (χ1v) is 6.31. The van der Waals surface area contributed by atoms with E-state index in [-0.39, 0.29) is 11.2 Å². The zero-order valence-corrected chi connectivity index (χ0v) is 11.5. The molecule has 0 radical (unpaired) electrons. The molecule has 0 N–H and O–H groups in total. The van der Waals surface area contributed by atoms with E-state index in [9.17, 15) is 0 Å². The van der Waals surface area contributed by atoms with Gasteiger partial charge in [0, 0.05) is 5.33 Å². The molecule has 2 heteroatoms. The van der Waals surface area contributed by atoms with Gasteiger partial charge in [-0.1, -0.05) is 46.3 Å². The molecule has 1 unspecified atom stereocenters. The Morgan fingerprint density at radius 2 is 1.60 bits per heavy atom. The molecule has 84 valence electrons. The first-order chi connectivity index (χ1) is 6.87. The molecule has 0 aromatic heterocycles. The molecule has 0 aliphatic rings. The van der Waals surface area contributed by atoms with Gasteiger partial charge in [-0.3, -0.25) is 0 Å². The third-order valence-corrected chi connectivity index (χ3v) is 3.24. The normalized spacial score (nSPS) is 16.1. The van der Waals surface area contributed by atoms with Gasteiger partial charge in [0.15, 0.2) is 0 Å². The molecule has 0 spiro atoms. The fourth-order valence-electron chi connectivity index (χ4n) is 1.63. The van der Waals surface area contributed by atoms with Gasteiger partial charge in [0.25, 0.3) is 0 Å². The fraction of sp³-hybridized carbons (Fsp3) is 0.538. The molecular formula is C13H19BrO. The maximum absolute atomic E-state index is 6.11. The monoisotopic (exact) mass is 270 g/mol. The number of alkyl halides is 1. The first-order valence-electron chi connectivity index (χ1n) is 5.19. The molecule has 1 rings (SSSR count). The molecule has 0 saturated heterocycles. The summed E-state index contributed by atoms with van der Waals surface area (Å²) in [6.45, 7) is 8.35. The van der Waals surface area contributed by atoms with Gasteiger partial charge in [0.05, 0.1) is 5.60 Å². The SMILES string of the molecule is CC(C)(C)OC(C)(CBr)c1ccccc1. The Bertz CT molecular complexity index is 302. The Morgan fingerprint density at radius 1 is 1.07 bits per heavy atom. The van der Waals surface area contributed by atoms with Crippen molar-refractivity contribution in [3.8, 4) is 0 Å². The first kappa shape index (κ1) is 12.7. The number of rotatable bonds is 3. The second kappa shape index (κ2) is 4.67. The highest BCUT2D eigenvalue weighted by molar-refractivity contribution is 9.09. The molecule has 0 aliphatic carbocycles. The van der Waals surface area contributed by atoms with E-state index in [2.05, 4.69) is 55.8 Å². The van der Waals surface area contributed by atoms with Crippen molar-refractivity contribution >= 4 is 15.9 Å². The molecule has 1 nitrogen and oxygen atoms in total.